The van der Waals surface area contributed by atoms with E-state index in [4.69, 9.17) is 4.74 Å². The average Bonchev–Trinajstić information content (AvgIpc) is 3.41. The number of H-pyrrole nitrogens is 1. The van der Waals surface area contributed by atoms with E-state index in [1.54, 1.807) is 12.4 Å². The van der Waals surface area contributed by atoms with Crippen LogP contribution in [0.5, 0.6) is 0 Å². The molecule has 1 amide bonds. The first-order valence-corrected chi connectivity index (χ1v) is 11.0. The number of carbonyl (C=O) groups excluding carboxylic acids is 1. The maximum Gasteiger partial charge on any atom is 0.251 e. The number of rotatable bonds is 6. The van der Waals surface area contributed by atoms with E-state index in [1.165, 1.54) is 12.7 Å². The molecule has 5 rings (SSSR count). The van der Waals surface area contributed by atoms with Gasteiger partial charge >= 0.3 is 0 Å². The first-order chi connectivity index (χ1) is 15.6. The molecule has 0 bridgehead atoms. The van der Waals surface area contributed by atoms with Crippen molar-refractivity contribution in [1.29, 1.82) is 0 Å². The van der Waals surface area contributed by atoms with Crippen LogP contribution in [-0.2, 0) is 16.1 Å². The lowest BCUT2D eigenvalue weighted by Gasteiger charge is -2.38. The molecule has 4 aromatic rings. The summed E-state index contributed by atoms with van der Waals surface area (Å²) in [5, 5.41) is 8.30. The number of ether oxygens (including phenoxy) is 1. The van der Waals surface area contributed by atoms with Gasteiger partial charge in [0.2, 0.25) is 0 Å². The Balaban J connectivity index is 1.54. The van der Waals surface area contributed by atoms with Crippen molar-refractivity contribution in [2.45, 2.75) is 25.9 Å². The fourth-order valence-electron chi connectivity index (χ4n) is 4.71. The van der Waals surface area contributed by atoms with Crippen molar-refractivity contribution in [3.8, 4) is 0 Å². The van der Waals surface area contributed by atoms with Crippen LogP contribution in [0.3, 0.4) is 0 Å². The van der Waals surface area contributed by atoms with E-state index in [1.807, 2.05) is 6.07 Å². The summed E-state index contributed by atoms with van der Waals surface area (Å²) < 4.78 is 7.21. The zero-order valence-electron chi connectivity index (χ0n) is 18.4. The van der Waals surface area contributed by atoms with Gasteiger partial charge in [-0.05, 0) is 30.5 Å². The van der Waals surface area contributed by atoms with E-state index >= 15 is 0 Å². The van der Waals surface area contributed by atoms with Crippen LogP contribution < -0.4 is 5.32 Å². The number of likely N-dealkylation sites (tertiary alicyclic amines) is 1. The molecule has 0 aliphatic carbocycles. The minimum atomic E-state index is -0.203. The molecule has 0 spiro atoms. The Morgan fingerprint density at radius 2 is 2.06 bits per heavy atom. The Bertz CT molecular complexity index is 1230. The number of benzene rings is 1. The number of pyridine rings is 1. The first kappa shape index (κ1) is 20.7. The van der Waals surface area contributed by atoms with Gasteiger partial charge in [0.05, 0.1) is 16.9 Å². The van der Waals surface area contributed by atoms with Crippen LogP contribution in [0.2, 0.25) is 0 Å². The van der Waals surface area contributed by atoms with E-state index in [2.05, 4.69) is 67.2 Å². The molecule has 0 unspecified atom stereocenters. The quantitative estimate of drug-likeness (QED) is 0.486. The van der Waals surface area contributed by atoms with E-state index in [0.29, 0.717) is 17.4 Å². The highest BCUT2D eigenvalue weighted by atomic mass is 16.5. The van der Waals surface area contributed by atoms with E-state index in [-0.39, 0.29) is 18.6 Å². The number of aromatic amines is 1. The van der Waals surface area contributed by atoms with E-state index < -0.39 is 0 Å². The second-order valence-electron chi connectivity index (χ2n) is 8.59. The molecule has 8 nitrogen and oxygen atoms in total. The molecule has 0 saturated carbocycles. The van der Waals surface area contributed by atoms with Crippen LogP contribution in [-0.4, -0.2) is 57.4 Å². The van der Waals surface area contributed by atoms with Crippen LogP contribution in [0.15, 0.2) is 48.8 Å². The van der Waals surface area contributed by atoms with Gasteiger partial charge < -0.3 is 10.1 Å². The van der Waals surface area contributed by atoms with Crippen molar-refractivity contribution in [2.24, 2.45) is 5.92 Å². The fourth-order valence-corrected chi connectivity index (χ4v) is 4.71. The van der Waals surface area contributed by atoms with Crippen LogP contribution >= 0.6 is 0 Å². The molecule has 2 atom stereocenters. The topological polar surface area (TPSA) is 88.1 Å². The number of carbonyl (C=O) groups is 1. The summed E-state index contributed by atoms with van der Waals surface area (Å²) in [6, 6.07) is 12.8. The first-order valence-electron chi connectivity index (χ1n) is 11.0. The molecule has 2 N–H and O–H groups in total. The van der Waals surface area contributed by atoms with Gasteiger partial charge in [-0.3, -0.25) is 19.5 Å². The van der Waals surface area contributed by atoms with Crippen molar-refractivity contribution >= 4 is 33.7 Å². The molecule has 32 heavy (non-hydrogen) atoms. The number of fused-ring (bicyclic) bond motifs is 3. The zero-order valence-corrected chi connectivity index (χ0v) is 18.4. The summed E-state index contributed by atoms with van der Waals surface area (Å²) in [6.45, 7) is 5.21. The van der Waals surface area contributed by atoms with Gasteiger partial charge in [-0.25, -0.2) is 9.97 Å². The Hall–Kier alpha value is -3.23. The number of nitrogens with zero attached hydrogens (tertiary/aromatic N) is 4. The molecule has 1 aromatic carbocycles. The van der Waals surface area contributed by atoms with E-state index in [9.17, 15) is 4.79 Å². The number of hydrogen-bond donors (Lipinski definition) is 2. The van der Waals surface area contributed by atoms with Crippen molar-refractivity contribution in [1.82, 2.24) is 24.6 Å². The predicted octanol–water partition coefficient (Wildman–Crippen LogP) is 3.58. The third kappa shape index (κ3) is 3.87. The monoisotopic (exact) mass is 432 g/mol. The number of amides is 1. The molecule has 4 heterocycles. The van der Waals surface area contributed by atoms with Crippen molar-refractivity contribution in [2.75, 3.05) is 32.1 Å². The smallest absolute Gasteiger partial charge is 0.251 e. The van der Waals surface area contributed by atoms with Crippen molar-refractivity contribution < 1.29 is 9.53 Å². The standard InChI is InChI=1S/C24H28N6O2/c1-16-9-11-29(13-17-6-4-3-5-7-17)14-20(16)30-22-18-8-10-25-23(18)26-12-19(22)24(28-30)27-21(31)15-32-2/h3-8,10,12,16,20,28H,9,11,13-15H2,1-2H3,(H,27,31)/t16-,20+/m1/s1. The van der Waals surface area contributed by atoms with Gasteiger partial charge in [-0.2, -0.15) is 0 Å². The SMILES string of the molecule is COCC(=O)Nc1[nH]n([C@H]2CN(Cc3ccccc3)CC[C@H]2C)c2c1cnc1nccc12. The van der Waals surface area contributed by atoms with Gasteiger partial charge in [-0.1, -0.05) is 37.3 Å². The predicted molar refractivity (Wildman–Crippen MR) is 124 cm³/mol. The van der Waals surface area contributed by atoms with E-state index in [0.717, 1.165) is 42.3 Å². The summed E-state index contributed by atoms with van der Waals surface area (Å²) in [5.74, 6) is 0.915. The van der Waals surface area contributed by atoms with Crippen LogP contribution in [0.25, 0.3) is 21.9 Å². The Morgan fingerprint density at radius 3 is 2.88 bits per heavy atom. The molecule has 0 radical (unpaired) electrons. The minimum Gasteiger partial charge on any atom is -0.375 e. The number of methoxy groups -OCH3 is 1. The largest absolute Gasteiger partial charge is 0.375 e. The molecule has 166 valence electrons. The highest BCUT2D eigenvalue weighted by Crippen LogP contribution is 2.36. The van der Waals surface area contributed by atoms with Gasteiger partial charge in [-0.15, -0.1) is 0 Å². The summed E-state index contributed by atoms with van der Waals surface area (Å²) in [5.41, 5.74) is 3.06. The van der Waals surface area contributed by atoms with Gasteiger partial charge in [0.15, 0.2) is 5.65 Å². The van der Waals surface area contributed by atoms with Crippen LogP contribution in [0.1, 0.15) is 24.9 Å². The molecule has 3 aromatic heterocycles. The van der Waals surface area contributed by atoms with Crippen molar-refractivity contribution in [3.63, 3.8) is 0 Å². The Labute approximate surface area is 186 Å². The van der Waals surface area contributed by atoms with Crippen LogP contribution in [0, 0.1) is 5.92 Å². The summed E-state index contributed by atoms with van der Waals surface area (Å²) in [7, 11) is 1.51. The van der Waals surface area contributed by atoms with Gasteiger partial charge in [0.1, 0.15) is 12.4 Å². The average molecular weight is 433 g/mol. The number of anilines is 1. The van der Waals surface area contributed by atoms with Gasteiger partial charge in [0.25, 0.3) is 5.91 Å². The molecule has 1 saturated heterocycles. The molecular weight excluding hydrogens is 404 g/mol. The highest BCUT2D eigenvalue weighted by molar-refractivity contribution is 6.09. The normalized spacial score (nSPS) is 19.6. The molecule has 1 fully saturated rings. The van der Waals surface area contributed by atoms with Crippen LogP contribution in [0.4, 0.5) is 5.82 Å². The van der Waals surface area contributed by atoms with Crippen molar-refractivity contribution in [3.05, 3.63) is 54.4 Å². The lowest BCUT2D eigenvalue weighted by atomic mass is 9.93. The number of aromatic nitrogens is 4. The molecule has 1 aliphatic heterocycles. The zero-order chi connectivity index (χ0) is 22.1. The number of hydrogen-bond acceptors (Lipinski definition) is 5. The third-order valence-corrected chi connectivity index (χ3v) is 6.37. The maximum atomic E-state index is 12.3. The summed E-state index contributed by atoms with van der Waals surface area (Å²) in [6.07, 6.45) is 4.67. The lowest BCUT2D eigenvalue weighted by Crippen LogP contribution is -2.40. The molecule has 1 aliphatic rings. The second kappa shape index (κ2) is 8.72. The number of nitrogens with one attached hydrogen (secondary N) is 2. The third-order valence-electron chi connectivity index (χ3n) is 6.37. The maximum absolute atomic E-state index is 12.3. The second-order valence-corrected chi connectivity index (χ2v) is 8.59. The highest BCUT2D eigenvalue weighted by Gasteiger charge is 2.30. The summed E-state index contributed by atoms with van der Waals surface area (Å²) in [4.78, 5) is 23.7. The molecular formula is C24H28N6O2. The lowest BCUT2D eigenvalue weighted by molar-refractivity contribution is -0.119. The Kier molecular flexibility index (Phi) is 5.63. The van der Waals surface area contributed by atoms with Gasteiger partial charge in [0, 0.05) is 38.0 Å². The fraction of sp³-hybridized carbons (Fsp3) is 0.375. The number of piperidine rings is 1. The molecule has 8 heteroatoms. The summed E-state index contributed by atoms with van der Waals surface area (Å²) >= 11 is 0. The minimum absolute atomic E-state index is 0.00119. The Morgan fingerprint density at radius 1 is 1.22 bits per heavy atom.